The molecule has 0 N–H and O–H groups in total. The smallest absolute Gasteiger partial charge is 0.410 e. The molecule has 1 aromatic heterocycles. The van der Waals surface area contributed by atoms with E-state index in [9.17, 15) is 9.59 Å². The first kappa shape index (κ1) is 18.8. The number of benzene rings is 1. The van der Waals surface area contributed by atoms with Gasteiger partial charge in [-0.15, -0.1) is 0 Å². The first-order chi connectivity index (χ1) is 12.1. The number of nitrogens with zero attached hydrogens (tertiary/aromatic N) is 3. The first-order valence-electron chi connectivity index (χ1n) is 8.61. The van der Waals surface area contributed by atoms with E-state index >= 15 is 0 Å². The van der Waals surface area contributed by atoms with E-state index < -0.39 is 5.60 Å². The summed E-state index contributed by atoms with van der Waals surface area (Å²) in [5.74, 6) is 0. The molecule has 0 spiro atoms. The second kappa shape index (κ2) is 6.61. The minimum atomic E-state index is -0.500. The molecule has 3 rings (SSSR count). The van der Waals surface area contributed by atoms with E-state index in [2.05, 4.69) is 15.9 Å². The summed E-state index contributed by atoms with van der Waals surface area (Å²) < 4.78 is 9.71. The van der Waals surface area contributed by atoms with Crippen LogP contribution in [0.5, 0.6) is 0 Å². The Bertz CT molecular complexity index is 963. The van der Waals surface area contributed by atoms with E-state index in [-0.39, 0.29) is 11.8 Å². The van der Waals surface area contributed by atoms with Crippen molar-refractivity contribution >= 4 is 38.6 Å². The van der Waals surface area contributed by atoms with Crippen LogP contribution in [-0.4, -0.2) is 38.8 Å². The molecule has 2 aromatic rings. The number of aromatic nitrogens is 2. The van der Waals surface area contributed by atoms with Crippen LogP contribution in [0.4, 0.5) is 4.79 Å². The largest absolute Gasteiger partial charge is 0.444 e. The molecule has 26 heavy (non-hydrogen) atoms. The SMILES string of the molecule is Cn1c(=O)n(C)c2c(C3=CCN(C(=O)OC(C)(C)C)CC3)cc(Br)cc21. The molecule has 0 radical (unpaired) electrons. The van der Waals surface area contributed by atoms with Gasteiger partial charge in [-0.3, -0.25) is 9.13 Å². The van der Waals surface area contributed by atoms with E-state index in [1.807, 2.05) is 39.0 Å². The zero-order chi connectivity index (χ0) is 19.2. The summed E-state index contributed by atoms with van der Waals surface area (Å²) >= 11 is 3.55. The Morgan fingerprint density at radius 3 is 2.46 bits per heavy atom. The van der Waals surface area contributed by atoms with E-state index in [0.29, 0.717) is 19.5 Å². The number of imidazole rings is 1. The number of halogens is 1. The first-order valence-corrected chi connectivity index (χ1v) is 9.40. The van der Waals surface area contributed by atoms with Gasteiger partial charge in [-0.25, -0.2) is 9.59 Å². The minimum Gasteiger partial charge on any atom is -0.444 e. The van der Waals surface area contributed by atoms with Gasteiger partial charge in [0, 0.05) is 37.2 Å². The van der Waals surface area contributed by atoms with E-state index in [1.54, 1.807) is 28.1 Å². The third-order valence-corrected chi connectivity index (χ3v) is 4.99. The van der Waals surface area contributed by atoms with E-state index in [0.717, 1.165) is 26.6 Å². The van der Waals surface area contributed by atoms with Crippen molar-refractivity contribution in [1.29, 1.82) is 0 Å². The predicted molar refractivity (Wildman–Crippen MR) is 106 cm³/mol. The lowest BCUT2D eigenvalue weighted by molar-refractivity contribution is 0.0270. The zero-order valence-corrected chi connectivity index (χ0v) is 17.4. The van der Waals surface area contributed by atoms with Crippen molar-refractivity contribution in [3.05, 3.63) is 38.7 Å². The van der Waals surface area contributed by atoms with Crippen molar-refractivity contribution in [3.63, 3.8) is 0 Å². The Hall–Kier alpha value is -2.02. The average molecular weight is 422 g/mol. The third kappa shape index (κ3) is 3.45. The molecule has 140 valence electrons. The standard InChI is InChI=1S/C19H24BrN3O3/c1-19(2,3)26-18(25)23-8-6-12(7-9-23)14-10-13(20)11-15-16(14)22(5)17(24)21(15)4/h6,10-11H,7-9H2,1-5H3. The summed E-state index contributed by atoms with van der Waals surface area (Å²) in [6, 6.07) is 3.99. The number of hydrogen-bond donors (Lipinski definition) is 0. The van der Waals surface area contributed by atoms with Crippen LogP contribution in [0.15, 0.2) is 27.5 Å². The highest BCUT2D eigenvalue weighted by molar-refractivity contribution is 9.10. The maximum atomic E-state index is 12.3. The molecule has 0 aliphatic carbocycles. The summed E-state index contributed by atoms with van der Waals surface area (Å²) in [6.07, 6.45) is 2.47. The fourth-order valence-electron chi connectivity index (χ4n) is 3.27. The van der Waals surface area contributed by atoms with Gasteiger partial charge in [0.05, 0.1) is 11.0 Å². The van der Waals surface area contributed by atoms with Crippen LogP contribution in [0, 0.1) is 0 Å². The molecular formula is C19H24BrN3O3. The molecule has 7 heteroatoms. The number of rotatable bonds is 1. The summed E-state index contributed by atoms with van der Waals surface area (Å²) in [7, 11) is 3.57. The molecule has 1 aromatic carbocycles. The molecule has 0 unspecified atom stereocenters. The van der Waals surface area contributed by atoms with Crippen LogP contribution in [0.1, 0.15) is 32.8 Å². The fourth-order valence-corrected chi connectivity index (χ4v) is 3.71. The minimum absolute atomic E-state index is 0.0499. The average Bonchev–Trinajstić information content (AvgIpc) is 2.77. The normalized spacial score (nSPS) is 15.3. The van der Waals surface area contributed by atoms with E-state index in [1.165, 1.54) is 0 Å². The molecule has 0 atom stereocenters. The predicted octanol–water partition coefficient (Wildman–Crippen LogP) is 3.66. The Kier molecular flexibility index (Phi) is 4.77. The van der Waals surface area contributed by atoms with Gasteiger partial charge < -0.3 is 9.64 Å². The van der Waals surface area contributed by atoms with Crippen LogP contribution >= 0.6 is 15.9 Å². The lowest BCUT2D eigenvalue weighted by Gasteiger charge is -2.29. The molecule has 1 amide bonds. The summed E-state index contributed by atoms with van der Waals surface area (Å²) in [4.78, 5) is 26.3. The molecule has 2 heterocycles. The zero-order valence-electron chi connectivity index (χ0n) is 15.8. The lowest BCUT2D eigenvalue weighted by atomic mass is 9.98. The Morgan fingerprint density at radius 2 is 1.88 bits per heavy atom. The number of hydrogen-bond acceptors (Lipinski definition) is 3. The number of fused-ring (bicyclic) bond motifs is 1. The highest BCUT2D eigenvalue weighted by atomic mass is 79.9. The number of ether oxygens (including phenoxy) is 1. The van der Waals surface area contributed by atoms with Gasteiger partial charge >= 0.3 is 11.8 Å². The quantitative estimate of drug-likeness (QED) is 0.705. The van der Waals surface area contributed by atoms with Gasteiger partial charge in [0.15, 0.2) is 0 Å². The molecular weight excluding hydrogens is 398 g/mol. The maximum Gasteiger partial charge on any atom is 0.410 e. The van der Waals surface area contributed by atoms with Crippen LogP contribution in [0.3, 0.4) is 0 Å². The fraction of sp³-hybridized carbons (Fsp3) is 0.474. The van der Waals surface area contributed by atoms with Crippen molar-refractivity contribution in [2.75, 3.05) is 13.1 Å². The van der Waals surface area contributed by atoms with Crippen LogP contribution < -0.4 is 5.69 Å². The number of amides is 1. The topological polar surface area (TPSA) is 56.5 Å². The molecule has 6 nitrogen and oxygen atoms in total. The van der Waals surface area contributed by atoms with Crippen molar-refractivity contribution in [2.24, 2.45) is 14.1 Å². The van der Waals surface area contributed by atoms with Gasteiger partial charge in [0.2, 0.25) is 0 Å². The van der Waals surface area contributed by atoms with Crippen molar-refractivity contribution in [2.45, 2.75) is 32.8 Å². The van der Waals surface area contributed by atoms with E-state index in [4.69, 9.17) is 4.74 Å². The lowest BCUT2D eigenvalue weighted by Crippen LogP contribution is -2.39. The summed E-state index contributed by atoms with van der Waals surface area (Å²) in [6.45, 7) is 6.69. The summed E-state index contributed by atoms with van der Waals surface area (Å²) in [5, 5.41) is 0. The number of aryl methyl sites for hydroxylation is 2. The Balaban J connectivity index is 1.95. The second-order valence-electron chi connectivity index (χ2n) is 7.63. The summed E-state index contributed by atoms with van der Waals surface area (Å²) in [5.41, 5.74) is 3.41. The Labute approximate surface area is 161 Å². The highest BCUT2D eigenvalue weighted by Crippen LogP contribution is 2.32. The van der Waals surface area contributed by atoms with Crippen molar-refractivity contribution in [3.8, 4) is 0 Å². The van der Waals surface area contributed by atoms with Gasteiger partial charge in [-0.05, 0) is 44.9 Å². The molecule has 0 saturated heterocycles. The van der Waals surface area contributed by atoms with Crippen LogP contribution in [0.25, 0.3) is 16.6 Å². The van der Waals surface area contributed by atoms with Gasteiger partial charge in [0.1, 0.15) is 5.60 Å². The highest BCUT2D eigenvalue weighted by Gasteiger charge is 2.25. The van der Waals surface area contributed by atoms with Gasteiger partial charge in [0.25, 0.3) is 0 Å². The molecule has 0 fully saturated rings. The molecule has 1 aliphatic rings. The monoisotopic (exact) mass is 421 g/mol. The van der Waals surface area contributed by atoms with Crippen molar-refractivity contribution < 1.29 is 9.53 Å². The van der Waals surface area contributed by atoms with Gasteiger partial charge in [-0.1, -0.05) is 22.0 Å². The Morgan fingerprint density at radius 1 is 1.19 bits per heavy atom. The molecule has 0 bridgehead atoms. The molecule has 0 saturated carbocycles. The van der Waals surface area contributed by atoms with Crippen molar-refractivity contribution in [1.82, 2.24) is 14.0 Å². The van der Waals surface area contributed by atoms with Gasteiger partial charge in [-0.2, -0.15) is 0 Å². The van der Waals surface area contributed by atoms with Crippen LogP contribution in [-0.2, 0) is 18.8 Å². The number of carbonyl (C=O) groups is 1. The molecule has 1 aliphatic heterocycles. The maximum absolute atomic E-state index is 12.3. The third-order valence-electron chi connectivity index (χ3n) is 4.53. The number of carbonyl (C=O) groups excluding carboxylic acids is 1. The van der Waals surface area contributed by atoms with Crippen LogP contribution in [0.2, 0.25) is 0 Å². The second-order valence-corrected chi connectivity index (χ2v) is 8.54.